The smallest absolute Gasteiger partial charge is 0.328 e. The second kappa shape index (κ2) is 8.59. The summed E-state index contributed by atoms with van der Waals surface area (Å²) in [6.07, 6.45) is 0. The molecule has 1 heterocycles. The average Bonchev–Trinajstić information content (AvgIpc) is 2.74. The van der Waals surface area contributed by atoms with Gasteiger partial charge in [-0.2, -0.15) is 4.72 Å². The molecule has 1 N–H and O–H groups in total. The highest BCUT2D eigenvalue weighted by atomic mass is 32.2. The van der Waals surface area contributed by atoms with E-state index in [4.69, 9.17) is 4.74 Å². The van der Waals surface area contributed by atoms with Gasteiger partial charge in [0.25, 0.3) is 5.69 Å². The Morgan fingerprint density at radius 2 is 1.87 bits per heavy atom. The number of hydrogen-bond acceptors (Lipinski definition) is 7. The summed E-state index contributed by atoms with van der Waals surface area (Å²) in [6.45, 7) is 1.48. The van der Waals surface area contributed by atoms with E-state index >= 15 is 0 Å². The molecule has 30 heavy (non-hydrogen) atoms. The van der Waals surface area contributed by atoms with Gasteiger partial charge in [-0.1, -0.05) is 42.5 Å². The normalized spacial score (nSPS) is 17.2. The van der Waals surface area contributed by atoms with Crippen LogP contribution in [0.2, 0.25) is 0 Å². The summed E-state index contributed by atoms with van der Waals surface area (Å²) in [5, 5.41) is 11.1. The van der Waals surface area contributed by atoms with Crippen molar-refractivity contribution in [2.24, 2.45) is 0 Å². The van der Waals surface area contributed by atoms with Crippen LogP contribution in [0, 0.1) is 10.1 Å². The third kappa shape index (κ3) is 4.47. The summed E-state index contributed by atoms with van der Waals surface area (Å²) < 4.78 is 32.4. The molecule has 158 valence electrons. The second-order valence-corrected chi connectivity index (χ2v) is 8.34. The largest absolute Gasteiger partial charge is 0.459 e. The van der Waals surface area contributed by atoms with Gasteiger partial charge in [-0.25, -0.2) is 13.2 Å². The first-order chi connectivity index (χ1) is 14.2. The molecule has 2 aromatic carbocycles. The summed E-state index contributed by atoms with van der Waals surface area (Å²) in [5.74, 6) is -1.23. The van der Waals surface area contributed by atoms with E-state index in [9.17, 15) is 28.1 Å². The zero-order chi connectivity index (χ0) is 21.9. The molecule has 1 amide bonds. The monoisotopic (exact) mass is 433 g/mol. The van der Waals surface area contributed by atoms with Crippen LogP contribution in [0.3, 0.4) is 0 Å². The molecule has 0 bridgehead atoms. The highest BCUT2D eigenvalue weighted by Gasteiger charge is 2.44. The van der Waals surface area contributed by atoms with E-state index in [2.05, 4.69) is 4.72 Å². The summed E-state index contributed by atoms with van der Waals surface area (Å²) in [5.41, 5.74) is 0.203. The Labute approximate surface area is 172 Å². The Morgan fingerprint density at radius 1 is 1.23 bits per heavy atom. The van der Waals surface area contributed by atoms with Crippen LogP contribution < -0.4 is 4.72 Å². The number of benzene rings is 2. The summed E-state index contributed by atoms with van der Waals surface area (Å²) in [6, 6.07) is 11.9. The quantitative estimate of drug-likeness (QED) is 0.286. The minimum absolute atomic E-state index is 0.0553. The summed E-state index contributed by atoms with van der Waals surface area (Å²) >= 11 is 0. The molecule has 2 atom stereocenters. The fourth-order valence-corrected chi connectivity index (χ4v) is 4.30. The lowest BCUT2D eigenvalue weighted by Crippen LogP contribution is -2.67. The van der Waals surface area contributed by atoms with Gasteiger partial charge in [-0.15, -0.1) is 0 Å². The molecule has 1 aliphatic rings. The second-order valence-electron chi connectivity index (χ2n) is 6.66. The molecule has 10 nitrogen and oxygen atoms in total. The predicted octanol–water partition coefficient (Wildman–Crippen LogP) is 1.22. The molecule has 0 spiro atoms. The fourth-order valence-electron chi connectivity index (χ4n) is 2.95. The first-order valence-corrected chi connectivity index (χ1v) is 10.5. The maximum absolute atomic E-state index is 12.5. The van der Waals surface area contributed by atoms with Crippen LogP contribution in [0.5, 0.6) is 0 Å². The third-order valence-electron chi connectivity index (χ3n) is 4.64. The Kier molecular flexibility index (Phi) is 6.13. The van der Waals surface area contributed by atoms with Gasteiger partial charge in [-0.05, 0) is 18.6 Å². The van der Waals surface area contributed by atoms with Gasteiger partial charge in [0.05, 0.1) is 4.92 Å². The Balaban J connectivity index is 1.60. The number of carbonyl (C=O) groups excluding carboxylic acids is 2. The topological polar surface area (TPSA) is 136 Å². The number of nitro benzene ring substituents is 1. The number of carbonyl (C=O) groups is 2. The molecular weight excluding hydrogens is 414 g/mol. The van der Waals surface area contributed by atoms with E-state index in [0.29, 0.717) is 0 Å². The maximum Gasteiger partial charge on any atom is 0.328 e. The Bertz CT molecular complexity index is 1070. The van der Waals surface area contributed by atoms with Crippen LogP contribution in [-0.4, -0.2) is 48.7 Å². The zero-order valence-electron chi connectivity index (χ0n) is 15.9. The Morgan fingerprint density at radius 3 is 2.50 bits per heavy atom. The van der Waals surface area contributed by atoms with Crippen molar-refractivity contribution in [3.63, 3.8) is 0 Å². The molecule has 3 rings (SSSR count). The van der Waals surface area contributed by atoms with Crippen LogP contribution in [0.1, 0.15) is 12.5 Å². The van der Waals surface area contributed by atoms with Crippen LogP contribution in [0.25, 0.3) is 0 Å². The zero-order valence-corrected chi connectivity index (χ0v) is 16.7. The lowest BCUT2D eigenvalue weighted by molar-refractivity contribution is -0.387. The van der Waals surface area contributed by atoms with Gasteiger partial charge in [0.1, 0.15) is 18.7 Å². The van der Waals surface area contributed by atoms with Crippen molar-refractivity contribution < 1.29 is 27.7 Å². The number of para-hydroxylation sites is 1. The number of esters is 1. The first kappa shape index (κ1) is 21.4. The SMILES string of the molecule is C[C@@H](C(=O)OCc1ccccc1)N1C[C@H](NS(=O)(=O)c2ccccc2[N+](=O)[O-])C1=O. The van der Waals surface area contributed by atoms with Crippen molar-refractivity contribution in [2.75, 3.05) is 6.54 Å². The number of sulfonamides is 1. The number of rotatable bonds is 8. The summed E-state index contributed by atoms with van der Waals surface area (Å²) in [7, 11) is -4.30. The van der Waals surface area contributed by atoms with E-state index in [1.54, 1.807) is 24.3 Å². The van der Waals surface area contributed by atoms with Gasteiger partial charge in [0.15, 0.2) is 4.90 Å². The van der Waals surface area contributed by atoms with Crippen LogP contribution >= 0.6 is 0 Å². The molecule has 0 aromatic heterocycles. The van der Waals surface area contributed by atoms with E-state index < -0.39 is 49.5 Å². The van der Waals surface area contributed by atoms with Gasteiger partial charge >= 0.3 is 5.97 Å². The summed E-state index contributed by atoms with van der Waals surface area (Å²) in [4.78, 5) is 35.5. The molecule has 2 aromatic rings. The molecule has 1 saturated heterocycles. The first-order valence-electron chi connectivity index (χ1n) is 8.97. The molecule has 1 aliphatic heterocycles. The van der Waals surface area contributed by atoms with E-state index in [0.717, 1.165) is 17.7 Å². The van der Waals surface area contributed by atoms with Crippen LogP contribution in [-0.2, 0) is 31.0 Å². The van der Waals surface area contributed by atoms with E-state index in [-0.39, 0.29) is 13.2 Å². The number of nitrogens with one attached hydrogen (secondary N) is 1. The lowest BCUT2D eigenvalue weighted by atomic mass is 10.1. The van der Waals surface area contributed by atoms with Gasteiger partial charge in [0.2, 0.25) is 15.9 Å². The molecule has 0 saturated carbocycles. The number of amides is 1. The third-order valence-corrected chi connectivity index (χ3v) is 6.16. The van der Waals surface area contributed by atoms with Gasteiger partial charge in [-0.3, -0.25) is 14.9 Å². The molecular formula is C19H19N3O7S. The van der Waals surface area contributed by atoms with Crippen molar-refractivity contribution in [3.8, 4) is 0 Å². The minimum Gasteiger partial charge on any atom is -0.459 e. The minimum atomic E-state index is -4.30. The lowest BCUT2D eigenvalue weighted by Gasteiger charge is -2.41. The number of nitro groups is 1. The van der Waals surface area contributed by atoms with Crippen molar-refractivity contribution in [3.05, 3.63) is 70.3 Å². The highest BCUT2D eigenvalue weighted by Crippen LogP contribution is 2.25. The number of likely N-dealkylation sites (tertiary alicyclic amines) is 1. The van der Waals surface area contributed by atoms with Crippen molar-refractivity contribution in [1.82, 2.24) is 9.62 Å². The van der Waals surface area contributed by atoms with Crippen molar-refractivity contribution in [2.45, 2.75) is 30.5 Å². The molecule has 11 heteroatoms. The molecule has 0 aliphatic carbocycles. The van der Waals surface area contributed by atoms with Crippen LogP contribution in [0.4, 0.5) is 5.69 Å². The fraction of sp³-hybridized carbons (Fsp3) is 0.263. The van der Waals surface area contributed by atoms with Gasteiger partial charge < -0.3 is 9.64 Å². The number of β-lactam (4-membered cyclic amide) rings is 1. The number of hydrogen-bond donors (Lipinski definition) is 1. The Hall–Kier alpha value is -3.31. The van der Waals surface area contributed by atoms with Crippen molar-refractivity contribution >= 4 is 27.6 Å². The molecule has 0 unspecified atom stereocenters. The number of nitrogens with zero attached hydrogens (tertiary/aromatic N) is 2. The molecule has 1 fully saturated rings. The maximum atomic E-state index is 12.5. The highest BCUT2D eigenvalue weighted by molar-refractivity contribution is 7.89. The number of ether oxygens (including phenoxy) is 1. The molecule has 0 radical (unpaired) electrons. The predicted molar refractivity (Wildman–Crippen MR) is 105 cm³/mol. The van der Waals surface area contributed by atoms with Gasteiger partial charge in [0, 0.05) is 12.6 Å². The van der Waals surface area contributed by atoms with E-state index in [1.807, 2.05) is 6.07 Å². The standard InChI is InChI=1S/C19H19N3O7S/c1-13(19(24)29-12-14-7-3-2-4-8-14)21-11-15(18(21)23)20-30(27,28)17-10-6-5-9-16(17)22(25)26/h2-10,13,15,20H,11-12H2,1H3/t13-,15-/m0/s1. The van der Waals surface area contributed by atoms with Crippen LogP contribution in [0.15, 0.2) is 59.5 Å². The average molecular weight is 433 g/mol. The van der Waals surface area contributed by atoms with Crippen molar-refractivity contribution in [1.29, 1.82) is 0 Å². The van der Waals surface area contributed by atoms with E-state index in [1.165, 1.54) is 24.0 Å².